The molecular weight excluding hydrogens is 492 g/mol. The maximum Gasteiger partial charge on any atom is 0.410 e. The van der Waals surface area contributed by atoms with Crippen molar-refractivity contribution in [2.45, 2.75) is 88.9 Å². The summed E-state index contributed by atoms with van der Waals surface area (Å²) in [5.41, 5.74) is 7.36. The summed E-state index contributed by atoms with van der Waals surface area (Å²) in [5, 5.41) is 4.18. The molecule has 1 amide bonds. The van der Waals surface area contributed by atoms with Crippen LogP contribution in [-0.2, 0) is 30.4 Å². The Bertz CT molecular complexity index is 1260. The average Bonchev–Trinajstić information content (AvgIpc) is 3.37. The van der Waals surface area contributed by atoms with Crippen LogP contribution in [0.3, 0.4) is 0 Å². The fraction of sp³-hybridized carbons (Fsp3) is 0.581. The van der Waals surface area contributed by atoms with Gasteiger partial charge in [-0.25, -0.2) is 14.8 Å². The molecule has 2 heterocycles. The van der Waals surface area contributed by atoms with Gasteiger partial charge in [-0.2, -0.15) is 0 Å². The van der Waals surface area contributed by atoms with Crippen LogP contribution in [-0.4, -0.2) is 58.5 Å². The van der Waals surface area contributed by atoms with E-state index in [1.54, 1.807) is 17.3 Å². The van der Waals surface area contributed by atoms with Gasteiger partial charge in [0.1, 0.15) is 11.3 Å². The van der Waals surface area contributed by atoms with Gasteiger partial charge in [0.2, 0.25) is 0 Å². The Morgan fingerprint density at radius 2 is 2.05 bits per heavy atom. The molecule has 0 saturated carbocycles. The van der Waals surface area contributed by atoms with E-state index in [1.807, 2.05) is 31.9 Å². The summed E-state index contributed by atoms with van der Waals surface area (Å²) in [7, 11) is 0. The van der Waals surface area contributed by atoms with Gasteiger partial charge in [0.25, 0.3) is 0 Å². The highest BCUT2D eigenvalue weighted by Crippen LogP contribution is 2.41. The van der Waals surface area contributed by atoms with E-state index in [2.05, 4.69) is 42.3 Å². The molecule has 0 bridgehead atoms. The van der Waals surface area contributed by atoms with E-state index in [4.69, 9.17) is 14.7 Å². The lowest BCUT2D eigenvalue weighted by Crippen LogP contribution is -2.54. The molecule has 3 atom stereocenters. The zero-order chi connectivity index (χ0) is 26.9. The second-order valence-corrected chi connectivity index (χ2v) is 12.6. The number of amides is 1. The molecule has 0 radical (unpaired) electrons. The third kappa shape index (κ3) is 5.87. The van der Waals surface area contributed by atoms with Crippen molar-refractivity contribution in [2.24, 2.45) is 5.92 Å². The molecule has 1 N–H and O–H groups in total. The largest absolute Gasteiger partial charge is 0.444 e. The number of aryl methyl sites for hydroxylation is 1. The monoisotopic (exact) mass is 532 g/mol. The Balaban J connectivity index is 1.38. The first-order chi connectivity index (χ1) is 18.2. The van der Waals surface area contributed by atoms with E-state index in [9.17, 15) is 4.79 Å². The fourth-order valence-corrected chi connectivity index (χ4v) is 6.51. The van der Waals surface area contributed by atoms with Crippen LogP contribution < -0.4 is 5.32 Å². The molecule has 6 nitrogen and oxygen atoms in total. The zero-order valence-electron chi connectivity index (χ0n) is 23.4. The number of fused-ring (bicyclic) bond motifs is 2. The summed E-state index contributed by atoms with van der Waals surface area (Å²) >= 11 is 1.58. The van der Waals surface area contributed by atoms with Crippen molar-refractivity contribution in [2.75, 3.05) is 25.9 Å². The minimum Gasteiger partial charge on any atom is -0.444 e. The van der Waals surface area contributed by atoms with Crippen molar-refractivity contribution in [1.82, 2.24) is 20.2 Å². The molecule has 3 unspecified atom stereocenters. The number of carbonyl (C=O) groups excluding carboxylic acids is 1. The van der Waals surface area contributed by atoms with Gasteiger partial charge in [-0.15, -0.1) is 0 Å². The van der Waals surface area contributed by atoms with Gasteiger partial charge >= 0.3 is 6.09 Å². The number of piperazine rings is 1. The lowest BCUT2D eigenvalue weighted by Gasteiger charge is -2.36. The summed E-state index contributed by atoms with van der Waals surface area (Å²) < 4.78 is 5.65. The highest BCUT2D eigenvalue weighted by atomic mass is 32.2. The second kappa shape index (κ2) is 11.3. The molecule has 1 aromatic carbocycles. The van der Waals surface area contributed by atoms with Gasteiger partial charge in [0, 0.05) is 31.6 Å². The van der Waals surface area contributed by atoms with E-state index < -0.39 is 5.60 Å². The second-order valence-electron chi connectivity index (χ2n) is 11.9. The molecule has 202 valence electrons. The van der Waals surface area contributed by atoms with Crippen molar-refractivity contribution in [3.8, 4) is 11.8 Å². The Kier molecular flexibility index (Phi) is 8.02. The number of hydrogen-bond acceptors (Lipinski definition) is 6. The lowest BCUT2D eigenvalue weighted by molar-refractivity contribution is 0.0127. The van der Waals surface area contributed by atoms with Crippen molar-refractivity contribution < 1.29 is 9.53 Å². The highest BCUT2D eigenvalue weighted by molar-refractivity contribution is 7.98. The molecule has 5 rings (SSSR count). The number of thioether (sulfide) groups is 1. The van der Waals surface area contributed by atoms with E-state index in [-0.39, 0.29) is 12.1 Å². The quantitative estimate of drug-likeness (QED) is 0.335. The first-order valence-electron chi connectivity index (χ1n) is 14.0. The van der Waals surface area contributed by atoms with E-state index >= 15 is 0 Å². The van der Waals surface area contributed by atoms with Crippen molar-refractivity contribution in [3.05, 3.63) is 51.8 Å². The molecule has 2 aliphatic carbocycles. The average molecular weight is 533 g/mol. The zero-order valence-corrected chi connectivity index (χ0v) is 24.2. The Morgan fingerprint density at radius 3 is 2.84 bits per heavy atom. The molecule has 38 heavy (non-hydrogen) atoms. The Hall–Kier alpha value is -2.56. The maximum absolute atomic E-state index is 12.8. The third-order valence-electron chi connectivity index (χ3n) is 7.99. The van der Waals surface area contributed by atoms with Crippen LogP contribution in [0.25, 0.3) is 0 Å². The van der Waals surface area contributed by atoms with Crippen LogP contribution in [0.1, 0.15) is 80.1 Å². The van der Waals surface area contributed by atoms with Crippen molar-refractivity contribution in [1.29, 1.82) is 0 Å². The molecule has 1 aromatic heterocycles. The maximum atomic E-state index is 12.8. The molecule has 3 aliphatic rings. The number of ether oxygens (including phenoxy) is 1. The van der Waals surface area contributed by atoms with Gasteiger partial charge in [0.15, 0.2) is 5.16 Å². The first-order valence-corrected chi connectivity index (χ1v) is 15.2. The smallest absolute Gasteiger partial charge is 0.410 e. The first kappa shape index (κ1) is 27.0. The normalized spacial score (nSPS) is 22.8. The SMILES string of the molecule is CSc1nc(C#CCC2CNCCN2C(=O)OC(C)(C)C)c2c(n1)CC(c1cccc3c1CCC3)C(C)C2. The van der Waals surface area contributed by atoms with Crippen molar-refractivity contribution in [3.63, 3.8) is 0 Å². The highest BCUT2D eigenvalue weighted by Gasteiger charge is 2.33. The van der Waals surface area contributed by atoms with Crippen LogP contribution >= 0.6 is 11.8 Å². The standard InChI is InChI=1S/C31H40N4O2S/c1-20-17-26-27(14-8-11-22-19-32-15-16-35(22)30(36)37-31(2,3)4)33-29(38-5)34-28(26)18-25(20)24-13-7-10-21-9-6-12-23(21)24/h7,10,13,20,22,25,32H,6,9,11-12,15-19H2,1-5H3. The molecular formula is C31H40N4O2S. The van der Waals surface area contributed by atoms with Crippen LogP contribution in [0.4, 0.5) is 4.79 Å². The molecule has 0 spiro atoms. The van der Waals surface area contributed by atoms with Crippen molar-refractivity contribution >= 4 is 17.9 Å². The fourth-order valence-electron chi connectivity index (χ4n) is 6.13. The third-order valence-corrected chi connectivity index (χ3v) is 8.53. The predicted octanol–water partition coefficient (Wildman–Crippen LogP) is 5.16. The minimum atomic E-state index is -0.513. The molecule has 1 aliphatic heterocycles. The number of carbonyl (C=O) groups is 1. The van der Waals surface area contributed by atoms with Gasteiger partial charge < -0.3 is 15.0 Å². The Morgan fingerprint density at radius 1 is 1.21 bits per heavy atom. The number of aromatic nitrogens is 2. The van der Waals surface area contributed by atoms with Crippen LogP contribution in [0, 0.1) is 17.8 Å². The summed E-state index contributed by atoms with van der Waals surface area (Å²) in [6.45, 7) is 10.2. The number of benzene rings is 1. The minimum absolute atomic E-state index is 0.0211. The van der Waals surface area contributed by atoms with E-state index in [1.165, 1.54) is 36.0 Å². The summed E-state index contributed by atoms with van der Waals surface area (Å²) in [6.07, 6.45) is 7.91. The van der Waals surface area contributed by atoms with Crippen LogP contribution in [0.5, 0.6) is 0 Å². The molecule has 1 saturated heterocycles. The lowest BCUT2D eigenvalue weighted by atomic mass is 9.73. The predicted molar refractivity (Wildman–Crippen MR) is 153 cm³/mol. The molecule has 7 heteroatoms. The topological polar surface area (TPSA) is 67.4 Å². The van der Waals surface area contributed by atoms with Crippen LogP contribution in [0.2, 0.25) is 0 Å². The molecule has 2 aromatic rings. The number of rotatable bonds is 3. The Labute approximate surface area is 231 Å². The van der Waals surface area contributed by atoms with Gasteiger partial charge in [-0.05, 0) is 93.6 Å². The number of nitrogens with zero attached hydrogens (tertiary/aromatic N) is 3. The van der Waals surface area contributed by atoms with E-state index in [0.29, 0.717) is 31.3 Å². The molecule has 1 fully saturated rings. The van der Waals surface area contributed by atoms with E-state index in [0.717, 1.165) is 35.9 Å². The van der Waals surface area contributed by atoms with Gasteiger partial charge in [-0.3, -0.25) is 0 Å². The number of hydrogen-bond donors (Lipinski definition) is 1. The number of nitrogens with one attached hydrogen (secondary N) is 1. The summed E-state index contributed by atoms with van der Waals surface area (Å²) in [4.78, 5) is 24.4. The summed E-state index contributed by atoms with van der Waals surface area (Å²) in [6, 6.07) is 6.88. The summed E-state index contributed by atoms with van der Waals surface area (Å²) in [5.74, 6) is 7.76. The van der Waals surface area contributed by atoms with Crippen LogP contribution in [0.15, 0.2) is 23.4 Å². The van der Waals surface area contributed by atoms with Gasteiger partial charge in [-0.1, -0.05) is 42.8 Å². The van der Waals surface area contributed by atoms with Gasteiger partial charge in [0.05, 0.1) is 11.7 Å².